The van der Waals surface area contributed by atoms with Gasteiger partial charge in [0.25, 0.3) is 0 Å². The number of hydrogen-bond donors (Lipinski definition) is 0. The molecule has 0 amide bonds. The van der Waals surface area contributed by atoms with Crippen LogP contribution in [-0.2, 0) is 9.84 Å². The van der Waals surface area contributed by atoms with Crippen molar-refractivity contribution in [3.05, 3.63) is 65.3 Å². The van der Waals surface area contributed by atoms with Gasteiger partial charge in [-0.15, -0.1) is 11.3 Å². The summed E-state index contributed by atoms with van der Waals surface area (Å²) < 4.78 is 65.5. The first-order valence-corrected chi connectivity index (χ1v) is 11.4. The van der Waals surface area contributed by atoms with E-state index >= 15 is 0 Å². The molecule has 1 aliphatic rings. The standard InChI is InChI=1S/C20H17F3N2O2S2/c21-14-1-3-17(4-2-14)29(26,27)18-5-7-25(8-6-18)20-24-19(12-28-20)13-9-15(22)11-16(23)10-13/h1-4,9-12,18H,5-8H2. The molecule has 0 aliphatic carbocycles. The van der Waals surface area contributed by atoms with Gasteiger partial charge in [0.1, 0.15) is 17.5 Å². The first-order valence-electron chi connectivity index (χ1n) is 8.99. The second-order valence-electron chi connectivity index (χ2n) is 6.86. The Hall–Kier alpha value is -2.39. The number of hydrogen-bond acceptors (Lipinski definition) is 5. The van der Waals surface area contributed by atoms with Gasteiger partial charge in [-0.3, -0.25) is 0 Å². The van der Waals surface area contributed by atoms with E-state index in [9.17, 15) is 21.6 Å². The summed E-state index contributed by atoms with van der Waals surface area (Å²) >= 11 is 1.35. The lowest BCUT2D eigenvalue weighted by molar-refractivity contribution is 0.529. The first kappa shape index (κ1) is 19.9. The van der Waals surface area contributed by atoms with Crippen LogP contribution in [0.4, 0.5) is 18.3 Å². The van der Waals surface area contributed by atoms with Gasteiger partial charge in [-0.2, -0.15) is 0 Å². The molecule has 0 bridgehead atoms. The summed E-state index contributed by atoms with van der Waals surface area (Å²) in [5, 5.41) is 1.87. The van der Waals surface area contributed by atoms with Crippen molar-refractivity contribution in [2.45, 2.75) is 23.0 Å². The fourth-order valence-corrected chi connectivity index (χ4v) is 6.04. The molecule has 152 valence electrons. The molecule has 2 aromatic carbocycles. The highest BCUT2D eigenvalue weighted by Gasteiger charge is 2.32. The molecule has 1 fully saturated rings. The van der Waals surface area contributed by atoms with Crippen LogP contribution in [0.25, 0.3) is 11.3 Å². The summed E-state index contributed by atoms with van der Waals surface area (Å²) in [5.74, 6) is -1.81. The molecule has 3 aromatic rings. The Morgan fingerprint density at radius 3 is 2.17 bits per heavy atom. The number of piperidine rings is 1. The van der Waals surface area contributed by atoms with Crippen LogP contribution in [0.2, 0.25) is 0 Å². The lowest BCUT2D eigenvalue weighted by atomic mass is 10.1. The van der Waals surface area contributed by atoms with E-state index in [0.717, 1.165) is 18.2 Å². The van der Waals surface area contributed by atoms with E-state index in [0.29, 0.717) is 42.3 Å². The predicted molar refractivity (Wildman–Crippen MR) is 106 cm³/mol. The zero-order valence-corrected chi connectivity index (χ0v) is 16.8. The van der Waals surface area contributed by atoms with E-state index in [1.54, 1.807) is 5.38 Å². The van der Waals surface area contributed by atoms with Crippen LogP contribution in [0.3, 0.4) is 0 Å². The maximum absolute atomic E-state index is 13.4. The minimum atomic E-state index is -3.53. The number of aromatic nitrogens is 1. The number of sulfone groups is 1. The van der Waals surface area contributed by atoms with Gasteiger partial charge in [0.15, 0.2) is 15.0 Å². The van der Waals surface area contributed by atoms with Gasteiger partial charge in [-0.25, -0.2) is 26.6 Å². The second-order valence-corrected chi connectivity index (χ2v) is 9.92. The number of anilines is 1. The molecule has 2 heterocycles. The maximum Gasteiger partial charge on any atom is 0.185 e. The molecule has 0 radical (unpaired) electrons. The molecule has 1 aromatic heterocycles. The van der Waals surface area contributed by atoms with Crippen molar-refractivity contribution < 1.29 is 21.6 Å². The van der Waals surface area contributed by atoms with Gasteiger partial charge in [0, 0.05) is 30.1 Å². The van der Waals surface area contributed by atoms with Crippen molar-refractivity contribution in [2.75, 3.05) is 18.0 Å². The van der Waals surface area contributed by atoms with Crippen LogP contribution in [0.15, 0.2) is 52.7 Å². The number of nitrogens with zero attached hydrogens (tertiary/aromatic N) is 2. The quantitative estimate of drug-likeness (QED) is 0.556. The van der Waals surface area contributed by atoms with E-state index in [-0.39, 0.29) is 4.90 Å². The smallest absolute Gasteiger partial charge is 0.185 e. The molecule has 0 N–H and O–H groups in total. The Morgan fingerprint density at radius 1 is 0.931 bits per heavy atom. The normalized spacial score (nSPS) is 15.6. The van der Waals surface area contributed by atoms with Crippen LogP contribution in [0, 0.1) is 17.5 Å². The third-order valence-electron chi connectivity index (χ3n) is 4.94. The molecule has 29 heavy (non-hydrogen) atoms. The Bertz CT molecular complexity index is 1100. The van der Waals surface area contributed by atoms with Crippen LogP contribution in [0.5, 0.6) is 0 Å². The topological polar surface area (TPSA) is 50.3 Å². The summed E-state index contributed by atoms with van der Waals surface area (Å²) in [6.07, 6.45) is 0.840. The number of rotatable bonds is 4. The van der Waals surface area contributed by atoms with E-state index < -0.39 is 32.5 Å². The van der Waals surface area contributed by atoms with Gasteiger partial charge in [0.05, 0.1) is 15.8 Å². The van der Waals surface area contributed by atoms with Crippen molar-refractivity contribution in [3.8, 4) is 11.3 Å². The zero-order valence-electron chi connectivity index (χ0n) is 15.2. The largest absolute Gasteiger partial charge is 0.348 e. The van der Waals surface area contributed by atoms with Gasteiger partial charge >= 0.3 is 0 Å². The van der Waals surface area contributed by atoms with Crippen LogP contribution in [0.1, 0.15) is 12.8 Å². The van der Waals surface area contributed by atoms with Gasteiger partial charge < -0.3 is 4.90 Å². The summed E-state index contributed by atoms with van der Waals surface area (Å²) in [4.78, 5) is 6.56. The third-order valence-corrected chi connectivity index (χ3v) is 8.12. The van der Waals surface area contributed by atoms with E-state index in [1.807, 2.05) is 4.90 Å². The fourth-order valence-electron chi connectivity index (χ4n) is 3.42. The Morgan fingerprint density at radius 2 is 1.55 bits per heavy atom. The maximum atomic E-state index is 13.4. The SMILES string of the molecule is O=S(=O)(c1ccc(F)cc1)C1CCN(c2nc(-c3cc(F)cc(F)c3)cs2)CC1. The molecule has 0 atom stereocenters. The molecular formula is C20H17F3N2O2S2. The van der Waals surface area contributed by atoms with Crippen molar-refractivity contribution in [2.24, 2.45) is 0 Å². The molecular weight excluding hydrogens is 421 g/mol. The molecule has 4 nitrogen and oxygen atoms in total. The van der Waals surface area contributed by atoms with Gasteiger partial charge in [-0.05, 0) is 49.2 Å². The Labute approximate surface area is 170 Å². The Kier molecular flexibility index (Phi) is 5.35. The average Bonchev–Trinajstić information content (AvgIpc) is 3.18. The highest BCUT2D eigenvalue weighted by atomic mass is 32.2. The number of thiazole rings is 1. The second kappa shape index (κ2) is 7.79. The third kappa shape index (κ3) is 4.16. The van der Waals surface area contributed by atoms with E-state index in [4.69, 9.17) is 0 Å². The summed E-state index contributed by atoms with van der Waals surface area (Å²) in [5.41, 5.74) is 0.836. The minimum absolute atomic E-state index is 0.127. The minimum Gasteiger partial charge on any atom is -0.348 e. The fraction of sp³-hybridized carbons (Fsp3) is 0.250. The highest BCUT2D eigenvalue weighted by molar-refractivity contribution is 7.92. The van der Waals surface area contributed by atoms with Gasteiger partial charge in [0.2, 0.25) is 0 Å². The molecule has 0 saturated carbocycles. The lowest BCUT2D eigenvalue weighted by Gasteiger charge is -2.31. The van der Waals surface area contributed by atoms with E-state index in [2.05, 4.69) is 4.98 Å². The molecule has 4 rings (SSSR count). The monoisotopic (exact) mass is 438 g/mol. The first-order chi connectivity index (χ1) is 13.8. The summed E-state index contributed by atoms with van der Waals surface area (Å²) in [6.45, 7) is 0.991. The van der Waals surface area contributed by atoms with Crippen molar-refractivity contribution >= 4 is 26.3 Å². The summed E-state index contributed by atoms with van der Waals surface area (Å²) in [7, 11) is -3.53. The van der Waals surface area contributed by atoms with Crippen molar-refractivity contribution in [3.63, 3.8) is 0 Å². The predicted octanol–water partition coefficient (Wildman–Crippen LogP) is 4.67. The van der Waals surface area contributed by atoms with Gasteiger partial charge in [-0.1, -0.05) is 0 Å². The number of benzene rings is 2. The van der Waals surface area contributed by atoms with Crippen LogP contribution < -0.4 is 4.90 Å². The average molecular weight is 438 g/mol. The van der Waals surface area contributed by atoms with Crippen molar-refractivity contribution in [1.29, 1.82) is 0 Å². The molecule has 1 saturated heterocycles. The van der Waals surface area contributed by atoms with Crippen molar-refractivity contribution in [1.82, 2.24) is 4.98 Å². The van der Waals surface area contributed by atoms with E-state index in [1.165, 1.54) is 35.6 Å². The molecule has 0 spiro atoms. The lowest BCUT2D eigenvalue weighted by Crippen LogP contribution is -2.39. The zero-order chi connectivity index (χ0) is 20.6. The molecule has 0 unspecified atom stereocenters. The highest BCUT2D eigenvalue weighted by Crippen LogP contribution is 2.32. The van der Waals surface area contributed by atoms with Crippen LogP contribution in [-0.4, -0.2) is 31.7 Å². The Balaban J connectivity index is 1.46. The van der Waals surface area contributed by atoms with Crippen LogP contribution >= 0.6 is 11.3 Å². The molecule has 1 aliphatic heterocycles. The summed E-state index contributed by atoms with van der Waals surface area (Å²) in [6, 6.07) is 8.14. The molecule has 9 heteroatoms. The number of halogens is 3.